The van der Waals surface area contributed by atoms with Crippen LogP contribution in [0.1, 0.15) is 37.2 Å². The average Bonchev–Trinajstić information content (AvgIpc) is 2.87. The Bertz CT molecular complexity index is 529. The quantitative estimate of drug-likeness (QED) is 0.888. The highest BCUT2D eigenvalue weighted by molar-refractivity contribution is 5.85. The highest BCUT2D eigenvalue weighted by atomic mass is 35.5. The van der Waals surface area contributed by atoms with E-state index in [-0.39, 0.29) is 19.0 Å². The lowest BCUT2D eigenvalue weighted by Gasteiger charge is -2.30. The van der Waals surface area contributed by atoms with Crippen molar-refractivity contribution in [3.8, 4) is 0 Å². The smallest absolute Gasteiger partial charge is 0.240 e. The second-order valence-corrected chi connectivity index (χ2v) is 5.32. The van der Waals surface area contributed by atoms with Gasteiger partial charge in [0.2, 0.25) is 5.89 Å². The number of hydrogen-bond donors (Lipinski definition) is 1. The largest absolute Gasteiger partial charge is 0.338 e. The van der Waals surface area contributed by atoms with Crippen molar-refractivity contribution in [2.24, 2.45) is 11.7 Å². The van der Waals surface area contributed by atoms with Crippen molar-refractivity contribution in [2.75, 3.05) is 7.05 Å². The minimum atomic E-state index is 0. The zero-order chi connectivity index (χ0) is 14.5. The van der Waals surface area contributed by atoms with Crippen LogP contribution in [0.25, 0.3) is 0 Å². The van der Waals surface area contributed by atoms with E-state index in [1.54, 1.807) is 0 Å². The van der Waals surface area contributed by atoms with E-state index in [2.05, 4.69) is 60.2 Å². The summed E-state index contributed by atoms with van der Waals surface area (Å²) in [5.74, 6) is 1.65. The molecule has 1 aromatic heterocycles. The van der Waals surface area contributed by atoms with Gasteiger partial charge >= 0.3 is 0 Å². The third-order valence-electron chi connectivity index (χ3n) is 3.32. The average molecular weight is 311 g/mol. The minimum Gasteiger partial charge on any atom is -0.338 e. The first-order valence-electron chi connectivity index (χ1n) is 6.88. The van der Waals surface area contributed by atoms with Crippen LogP contribution in [0.3, 0.4) is 0 Å². The minimum absolute atomic E-state index is 0. The van der Waals surface area contributed by atoms with Gasteiger partial charge in [-0.2, -0.15) is 4.98 Å². The molecule has 1 atom stereocenters. The van der Waals surface area contributed by atoms with Gasteiger partial charge in [0, 0.05) is 6.04 Å². The normalized spacial score (nSPS) is 12.5. The molecule has 0 aliphatic rings. The van der Waals surface area contributed by atoms with Crippen molar-refractivity contribution >= 4 is 12.4 Å². The Kier molecular flexibility index (Phi) is 6.81. The third kappa shape index (κ3) is 4.52. The summed E-state index contributed by atoms with van der Waals surface area (Å²) in [6.07, 6.45) is 0. The summed E-state index contributed by atoms with van der Waals surface area (Å²) in [5.41, 5.74) is 6.78. The van der Waals surface area contributed by atoms with Gasteiger partial charge in [-0.3, -0.25) is 4.90 Å². The van der Waals surface area contributed by atoms with Gasteiger partial charge in [0.25, 0.3) is 0 Å². The molecular weight excluding hydrogens is 288 g/mol. The van der Waals surface area contributed by atoms with E-state index in [1.807, 2.05) is 6.07 Å². The van der Waals surface area contributed by atoms with E-state index in [0.717, 1.165) is 0 Å². The number of halogens is 1. The Morgan fingerprint density at radius 2 is 1.90 bits per heavy atom. The van der Waals surface area contributed by atoms with E-state index in [4.69, 9.17) is 10.3 Å². The Balaban J connectivity index is 0.00000220. The fourth-order valence-corrected chi connectivity index (χ4v) is 2.56. The number of rotatable bonds is 6. The second-order valence-electron chi connectivity index (χ2n) is 5.32. The molecule has 21 heavy (non-hydrogen) atoms. The molecule has 0 amide bonds. The molecule has 1 unspecified atom stereocenters. The maximum Gasteiger partial charge on any atom is 0.240 e. The molecule has 5 nitrogen and oxygen atoms in total. The molecule has 2 N–H and O–H groups in total. The zero-order valence-corrected chi connectivity index (χ0v) is 13.5. The molecule has 0 aliphatic heterocycles. The van der Waals surface area contributed by atoms with Crippen LogP contribution in [0.15, 0.2) is 34.9 Å². The Labute approximate surface area is 131 Å². The molecule has 0 fully saturated rings. The summed E-state index contributed by atoms with van der Waals surface area (Å²) < 4.78 is 5.05. The first kappa shape index (κ1) is 17.6. The highest BCUT2D eigenvalue weighted by Gasteiger charge is 2.22. The standard InChI is InChI=1S/C15H22N4O.ClH/c1-11(2)15(12-7-5-4-6-8-12)19(3)10-13-17-14(9-16)20-18-13;/h4-8,11,15H,9-10,16H2,1-3H3;1H. The molecule has 2 aromatic rings. The summed E-state index contributed by atoms with van der Waals surface area (Å²) in [6, 6.07) is 10.8. The summed E-state index contributed by atoms with van der Waals surface area (Å²) in [4.78, 5) is 6.50. The van der Waals surface area contributed by atoms with Crippen LogP contribution in [-0.2, 0) is 13.1 Å². The first-order valence-corrected chi connectivity index (χ1v) is 6.88. The molecule has 1 heterocycles. The molecule has 0 saturated heterocycles. The molecule has 0 saturated carbocycles. The van der Waals surface area contributed by atoms with Gasteiger partial charge in [0.1, 0.15) is 0 Å². The molecule has 6 heteroatoms. The van der Waals surface area contributed by atoms with Gasteiger partial charge in [0.15, 0.2) is 5.82 Å². The van der Waals surface area contributed by atoms with Crippen molar-refractivity contribution < 1.29 is 4.52 Å². The Morgan fingerprint density at radius 3 is 2.43 bits per heavy atom. The summed E-state index contributed by atoms with van der Waals surface area (Å²) >= 11 is 0. The van der Waals surface area contributed by atoms with Crippen molar-refractivity contribution in [3.05, 3.63) is 47.6 Å². The second kappa shape index (κ2) is 8.12. The van der Waals surface area contributed by atoms with Gasteiger partial charge in [-0.25, -0.2) is 0 Å². The molecule has 0 spiro atoms. The van der Waals surface area contributed by atoms with Crippen molar-refractivity contribution in [1.29, 1.82) is 0 Å². The van der Waals surface area contributed by atoms with E-state index in [1.165, 1.54) is 5.56 Å². The lowest BCUT2D eigenvalue weighted by Crippen LogP contribution is -2.28. The van der Waals surface area contributed by atoms with Crippen molar-refractivity contribution in [3.63, 3.8) is 0 Å². The van der Waals surface area contributed by atoms with Crippen LogP contribution in [0.2, 0.25) is 0 Å². The first-order chi connectivity index (χ1) is 9.61. The Morgan fingerprint density at radius 1 is 1.24 bits per heavy atom. The van der Waals surface area contributed by atoms with E-state index in [9.17, 15) is 0 Å². The maximum atomic E-state index is 5.48. The molecule has 116 valence electrons. The molecule has 2 rings (SSSR count). The van der Waals surface area contributed by atoms with Gasteiger partial charge in [-0.1, -0.05) is 49.3 Å². The van der Waals surface area contributed by atoms with Gasteiger partial charge in [-0.05, 0) is 18.5 Å². The van der Waals surface area contributed by atoms with Crippen LogP contribution in [-0.4, -0.2) is 22.1 Å². The van der Waals surface area contributed by atoms with E-state index in [0.29, 0.717) is 30.2 Å². The molecule has 1 aromatic carbocycles. The Hall–Kier alpha value is -1.43. The van der Waals surface area contributed by atoms with Crippen LogP contribution < -0.4 is 5.73 Å². The molecule has 0 bridgehead atoms. The van der Waals surface area contributed by atoms with Crippen LogP contribution >= 0.6 is 12.4 Å². The van der Waals surface area contributed by atoms with Crippen molar-refractivity contribution in [1.82, 2.24) is 15.0 Å². The van der Waals surface area contributed by atoms with E-state index < -0.39 is 0 Å². The van der Waals surface area contributed by atoms with Crippen molar-refractivity contribution in [2.45, 2.75) is 33.0 Å². The zero-order valence-electron chi connectivity index (χ0n) is 12.7. The summed E-state index contributed by atoms with van der Waals surface area (Å²) in [5, 5.41) is 3.95. The fourth-order valence-electron chi connectivity index (χ4n) is 2.56. The fraction of sp³-hybridized carbons (Fsp3) is 0.467. The van der Waals surface area contributed by atoms with Gasteiger partial charge in [-0.15, -0.1) is 12.4 Å². The molecular formula is C15H23ClN4O. The van der Waals surface area contributed by atoms with Crippen LogP contribution in [0.4, 0.5) is 0 Å². The monoisotopic (exact) mass is 310 g/mol. The molecule has 0 radical (unpaired) electrons. The third-order valence-corrected chi connectivity index (χ3v) is 3.32. The van der Waals surface area contributed by atoms with Crippen LogP contribution in [0, 0.1) is 5.92 Å². The number of nitrogens with zero attached hydrogens (tertiary/aromatic N) is 3. The SMILES string of the molecule is CC(C)C(c1ccccc1)N(C)Cc1noc(CN)n1.Cl. The topological polar surface area (TPSA) is 68.2 Å². The lowest BCUT2D eigenvalue weighted by molar-refractivity contribution is 0.180. The highest BCUT2D eigenvalue weighted by Crippen LogP contribution is 2.28. The maximum absolute atomic E-state index is 5.48. The predicted molar refractivity (Wildman–Crippen MR) is 84.9 cm³/mol. The predicted octanol–water partition coefficient (Wildman–Crippen LogP) is 2.78. The van der Waals surface area contributed by atoms with Gasteiger partial charge in [0.05, 0.1) is 13.1 Å². The number of benzene rings is 1. The number of hydrogen-bond acceptors (Lipinski definition) is 5. The summed E-state index contributed by atoms with van der Waals surface area (Å²) in [6.45, 7) is 5.36. The van der Waals surface area contributed by atoms with Gasteiger partial charge < -0.3 is 10.3 Å². The lowest BCUT2D eigenvalue weighted by atomic mass is 9.95. The molecule has 0 aliphatic carbocycles. The number of nitrogens with two attached hydrogens (primary N) is 1. The van der Waals surface area contributed by atoms with Crippen LogP contribution in [0.5, 0.6) is 0 Å². The number of aromatic nitrogens is 2. The summed E-state index contributed by atoms with van der Waals surface area (Å²) in [7, 11) is 2.08. The van der Waals surface area contributed by atoms with E-state index >= 15 is 0 Å².